The number of ether oxygens (including phenoxy) is 1. The zero-order valence-electron chi connectivity index (χ0n) is 12.0. The summed E-state index contributed by atoms with van der Waals surface area (Å²) in [4.78, 5) is 0. The van der Waals surface area contributed by atoms with Gasteiger partial charge in [-0.2, -0.15) is 0 Å². The van der Waals surface area contributed by atoms with Gasteiger partial charge in [-0.05, 0) is 38.7 Å². The predicted molar refractivity (Wildman–Crippen MR) is 72.4 cm³/mol. The van der Waals surface area contributed by atoms with E-state index in [1.165, 1.54) is 18.4 Å². The largest absolute Gasteiger partial charge is 0.465 e. The summed E-state index contributed by atoms with van der Waals surface area (Å²) < 4.78 is 11.6. The van der Waals surface area contributed by atoms with E-state index in [1.54, 1.807) is 0 Å². The monoisotopic (exact) mass is 251 g/mol. The van der Waals surface area contributed by atoms with Crippen molar-refractivity contribution < 1.29 is 9.15 Å². The molecule has 18 heavy (non-hydrogen) atoms. The first kappa shape index (κ1) is 13.6. The number of hydrogen-bond donors (Lipinski definition) is 1. The molecule has 3 heteroatoms. The average Bonchev–Trinajstić information content (AvgIpc) is 3.08. The fraction of sp³-hybridized carbons (Fsp3) is 0.733. The SMILES string of the molecule is Cc1oc(CNC2CC2)cc1COC(C)C(C)C. The lowest BCUT2D eigenvalue weighted by Crippen LogP contribution is -2.15. The highest BCUT2D eigenvalue weighted by Crippen LogP contribution is 2.21. The van der Waals surface area contributed by atoms with Gasteiger partial charge in [-0.1, -0.05) is 13.8 Å². The van der Waals surface area contributed by atoms with Gasteiger partial charge in [-0.15, -0.1) is 0 Å². The van der Waals surface area contributed by atoms with Crippen LogP contribution in [0, 0.1) is 12.8 Å². The normalized spacial score (nSPS) is 17.4. The summed E-state index contributed by atoms with van der Waals surface area (Å²) >= 11 is 0. The number of furan rings is 1. The van der Waals surface area contributed by atoms with E-state index in [0.29, 0.717) is 12.5 Å². The van der Waals surface area contributed by atoms with E-state index in [1.807, 2.05) is 6.92 Å². The summed E-state index contributed by atoms with van der Waals surface area (Å²) in [5.41, 5.74) is 1.18. The van der Waals surface area contributed by atoms with E-state index in [0.717, 1.165) is 24.1 Å². The molecule has 0 amide bonds. The molecule has 0 aliphatic heterocycles. The van der Waals surface area contributed by atoms with Gasteiger partial charge in [0.05, 0.1) is 19.3 Å². The minimum Gasteiger partial charge on any atom is -0.465 e. The van der Waals surface area contributed by atoms with Gasteiger partial charge in [0.1, 0.15) is 11.5 Å². The molecule has 0 radical (unpaired) electrons. The van der Waals surface area contributed by atoms with Crippen LogP contribution in [0.4, 0.5) is 0 Å². The predicted octanol–water partition coefficient (Wildman–Crippen LogP) is 3.40. The van der Waals surface area contributed by atoms with Crippen molar-refractivity contribution in [2.75, 3.05) is 0 Å². The molecule has 102 valence electrons. The van der Waals surface area contributed by atoms with Crippen LogP contribution in [0.15, 0.2) is 10.5 Å². The fourth-order valence-corrected chi connectivity index (χ4v) is 1.76. The van der Waals surface area contributed by atoms with Crippen molar-refractivity contribution in [3.63, 3.8) is 0 Å². The fourth-order valence-electron chi connectivity index (χ4n) is 1.76. The third-order valence-electron chi connectivity index (χ3n) is 3.65. The molecule has 0 aromatic carbocycles. The third-order valence-corrected chi connectivity index (χ3v) is 3.65. The Morgan fingerprint density at radius 3 is 2.72 bits per heavy atom. The molecule has 1 saturated carbocycles. The van der Waals surface area contributed by atoms with Gasteiger partial charge < -0.3 is 14.5 Å². The van der Waals surface area contributed by atoms with Crippen molar-refractivity contribution in [2.45, 2.75) is 65.8 Å². The highest BCUT2D eigenvalue weighted by Gasteiger charge is 2.21. The molecule has 1 fully saturated rings. The van der Waals surface area contributed by atoms with Gasteiger partial charge in [-0.25, -0.2) is 0 Å². The Kier molecular flexibility index (Phi) is 4.46. The summed E-state index contributed by atoms with van der Waals surface area (Å²) in [7, 11) is 0. The summed E-state index contributed by atoms with van der Waals surface area (Å²) in [6.07, 6.45) is 2.90. The summed E-state index contributed by atoms with van der Waals surface area (Å²) in [6.45, 7) is 9.98. The molecule has 1 aromatic rings. The van der Waals surface area contributed by atoms with E-state index in [2.05, 4.69) is 32.2 Å². The summed E-state index contributed by atoms with van der Waals surface area (Å²) in [6, 6.07) is 2.84. The lowest BCUT2D eigenvalue weighted by molar-refractivity contribution is 0.0230. The molecule has 3 nitrogen and oxygen atoms in total. The zero-order valence-corrected chi connectivity index (χ0v) is 12.0. The summed E-state index contributed by atoms with van der Waals surface area (Å²) in [5.74, 6) is 2.56. The Morgan fingerprint density at radius 2 is 2.11 bits per heavy atom. The Morgan fingerprint density at radius 1 is 1.39 bits per heavy atom. The van der Waals surface area contributed by atoms with Crippen molar-refractivity contribution in [3.05, 3.63) is 23.2 Å². The van der Waals surface area contributed by atoms with Gasteiger partial charge >= 0.3 is 0 Å². The van der Waals surface area contributed by atoms with E-state index >= 15 is 0 Å². The van der Waals surface area contributed by atoms with Crippen LogP contribution >= 0.6 is 0 Å². The molecular weight excluding hydrogens is 226 g/mol. The van der Waals surface area contributed by atoms with Crippen LogP contribution in [0.3, 0.4) is 0 Å². The van der Waals surface area contributed by atoms with E-state index in [4.69, 9.17) is 9.15 Å². The number of aryl methyl sites for hydroxylation is 1. The summed E-state index contributed by atoms with van der Waals surface area (Å²) in [5, 5.41) is 3.46. The number of hydrogen-bond acceptors (Lipinski definition) is 3. The Hall–Kier alpha value is -0.800. The molecule has 1 aliphatic rings. The van der Waals surface area contributed by atoms with Crippen molar-refractivity contribution >= 4 is 0 Å². The minimum atomic E-state index is 0.285. The highest BCUT2D eigenvalue weighted by atomic mass is 16.5. The first-order valence-corrected chi connectivity index (χ1v) is 6.99. The first-order valence-electron chi connectivity index (χ1n) is 6.99. The molecule has 1 atom stereocenters. The van der Waals surface area contributed by atoms with Crippen LogP contribution < -0.4 is 5.32 Å². The molecule has 0 saturated heterocycles. The van der Waals surface area contributed by atoms with Crippen LogP contribution in [-0.4, -0.2) is 12.1 Å². The van der Waals surface area contributed by atoms with Gasteiger partial charge in [0.2, 0.25) is 0 Å². The molecule has 1 N–H and O–H groups in total. The van der Waals surface area contributed by atoms with Gasteiger partial charge in [0, 0.05) is 11.6 Å². The maximum Gasteiger partial charge on any atom is 0.118 e. The minimum absolute atomic E-state index is 0.285. The standard InChI is InChI=1S/C15H25NO2/c1-10(2)11(3)17-9-13-7-15(18-12(13)4)8-16-14-5-6-14/h7,10-11,14,16H,5-6,8-9H2,1-4H3. The van der Waals surface area contributed by atoms with E-state index in [9.17, 15) is 0 Å². The van der Waals surface area contributed by atoms with Crippen molar-refractivity contribution in [3.8, 4) is 0 Å². The van der Waals surface area contributed by atoms with Crippen LogP contribution in [-0.2, 0) is 17.9 Å². The number of nitrogens with one attached hydrogen (secondary N) is 1. The van der Waals surface area contributed by atoms with Crippen molar-refractivity contribution in [1.82, 2.24) is 5.32 Å². The van der Waals surface area contributed by atoms with E-state index < -0.39 is 0 Å². The molecule has 0 spiro atoms. The Bertz CT molecular complexity index is 380. The van der Waals surface area contributed by atoms with Crippen molar-refractivity contribution in [1.29, 1.82) is 0 Å². The molecule has 0 bridgehead atoms. The highest BCUT2D eigenvalue weighted by molar-refractivity contribution is 5.20. The first-order chi connectivity index (χ1) is 8.56. The molecular formula is C15H25NO2. The topological polar surface area (TPSA) is 34.4 Å². The quantitative estimate of drug-likeness (QED) is 0.806. The second kappa shape index (κ2) is 5.89. The lowest BCUT2D eigenvalue weighted by atomic mass is 10.1. The molecule has 2 rings (SSSR count). The second-order valence-corrected chi connectivity index (χ2v) is 5.71. The second-order valence-electron chi connectivity index (χ2n) is 5.71. The molecule has 1 heterocycles. The molecule has 1 aromatic heterocycles. The van der Waals surface area contributed by atoms with Gasteiger partial charge in [0.25, 0.3) is 0 Å². The van der Waals surface area contributed by atoms with Crippen LogP contribution in [0.25, 0.3) is 0 Å². The maximum absolute atomic E-state index is 5.84. The van der Waals surface area contributed by atoms with Gasteiger partial charge in [-0.3, -0.25) is 0 Å². The third kappa shape index (κ3) is 3.85. The van der Waals surface area contributed by atoms with Crippen LogP contribution in [0.2, 0.25) is 0 Å². The number of rotatable bonds is 7. The van der Waals surface area contributed by atoms with E-state index in [-0.39, 0.29) is 6.10 Å². The van der Waals surface area contributed by atoms with Crippen LogP contribution in [0.5, 0.6) is 0 Å². The molecule has 1 unspecified atom stereocenters. The Labute approximate surface area is 110 Å². The van der Waals surface area contributed by atoms with Crippen LogP contribution in [0.1, 0.15) is 50.7 Å². The van der Waals surface area contributed by atoms with Crippen molar-refractivity contribution in [2.24, 2.45) is 5.92 Å². The average molecular weight is 251 g/mol. The Balaban J connectivity index is 1.83. The molecule has 1 aliphatic carbocycles. The smallest absolute Gasteiger partial charge is 0.118 e. The lowest BCUT2D eigenvalue weighted by Gasteiger charge is -2.15. The zero-order chi connectivity index (χ0) is 13.1. The van der Waals surface area contributed by atoms with Gasteiger partial charge in [0.15, 0.2) is 0 Å². The maximum atomic E-state index is 5.84.